The Labute approximate surface area is 230 Å². The lowest BCUT2D eigenvalue weighted by atomic mass is 10.1. The van der Waals surface area contributed by atoms with Crippen molar-refractivity contribution in [2.24, 2.45) is 0 Å². The van der Waals surface area contributed by atoms with Gasteiger partial charge in [-0.25, -0.2) is 4.79 Å². The Morgan fingerprint density at radius 1 is 0.846 bits per heavy atom. The molecule has 0 aromatic carbocycles. The van der Waals surface area contributed by atoms with Gasteiger partial charge in [0.05, 0.1) is 6.54 Å². The molecule has 2 aliphatic heterocycles. The lowest BCUT2D eigenvalue weighted by Crippen LogP contribution is -2.37. The van der Waals surface area contributed by atoms with Gasteiger partial charge in [-0.1, -0.05) is 12.8 Å². The highest BCUT2D eigenvalue weighted by Crippen LogP contribution is 2.17. The van der Waals surface area contributed by atoms with Crippen molar-refractivity contribution in [3.63, 3.8) is 0 Å². The number of likely N-dealkylation sites (tertiary alicyclic amines) is 1. The van der Waals surface area contributed by atoms with E-state index in [0.29, 0.717) is 68.6 Å². The monoisotopic (exact) mass is 567 g/mol. The second kappa shape index (κ2) is 15.3. The molecular weight excluding hydrogens is 534 g/mol. The molecule has 14 nitrogen and oxygen atoms in total. The van der Waals surface area contributed by atoms with Crippen molar-refractivity contribution in [1.29, 1.82) is 0 Å². The molecule has 1 atom stereocenters. The number of halogens is 1. The van der Waals surface area contributed by atoms with Gasteiger partial charge in [-0.3, -0.25) is 19.2 Å². The normalized spacial score (nSPS) is 17.2. The fraction of sp³-hybridized carbons (Fsp3) is 0.667. The number of hydrogen-bond acceptors (Lipinski definition) is 12. The molecular formula is C24H34ClN7O7. The van der Waals surface area contributed by atoms with Crippen molar-refractivity contribution in [1.82, 2.24) is 24.9 Å². The highest BCUT2D eigenvalue weighted by Gasteiger charge is 2.32. The number of Topliss-reactive ketones (excluding diaryl/α,β-unsaturated/α-hetero) is 1. The van der Waals surface area contributed by atoms with Gasteiger partial charge in [0, 0.05) is 51.6 Å². The van der Waals surface area contributed by atoms with E-state index in [2.05, 4.69) is 25.6 Å². The number of anilines is 2. The quantitative estimate of drug-likeness (QED) is 0.183. The van der Waals surface area contributed by atoms with Gasteiger partial charge in [-0.2, -0.15) is 15.0 Å². The first-order valence-electron chi connectivity index (χ1n) is 13.2. The van der Waals surface area contributed by atoms with E-state index in [1.807, 2.05) is 0 Å². The van der Waals surface area contributed by atoms with Gasteiger partial charge < -0.3 is 25.5 Å². The number of nitrogens with one attached hydrogen (secondary N) is 2. The molecule has 0 aliphatic carbocycles. The van der Waals surface area contributed by atoms with E-state index >= 15 is 0 Å². The van der Waals surface area contributed by atoms with Crippen LogP contribution < -0.4 is 10.6 Å². The number of unbranched alkanes of at least 4 members (excludes halogenated alkanes) is 4. The molecule has 39 heavy (non-hydrogen) atoms. The molecule has 0 saturated carbocycles. The van der Waals surface area contributed by atoms with Crippen LogP contribution in [0.2, 0.25) is 5.28 Å². The summed E-state index contributed by atoms with van der Waals surface area (Å²) in [5, 5.41) is 16.5. The highest BCUT2D eigenvalue weighted by molar-refractivity contribution is 6.28. The maximum absolute atomic E-state index is 12.1. The Balaban J connectivity index is 1.24. The summed E-state index contributed by atoms with van der Waals surface area (Å²) in [4.78, 5) is 76.9. The summed E-state index contributed by atoms with van der Waals surface area (Å²) in [6, 6.07) is 0. The molecule has 0 spiro atoms. The summed E-state index contributed by atoms with van der Waals surface area (Å²) in [6.07, 6.45) is 4.56. The zero-order chi connectivity index (χ0) is 28.2. The first kappa shape index (κ1) is 30.2. The van der Waals surface area contributed by atoms with Crippen LogP contribution in [0.25, 0.3) is 0 Å². The van der Waals surface area contributed by atoms with Crippen molar-refractivity contribution in [3.05, 3.63) is 5.28 Å². The molecule has 2 aliphatic rings. The molecule has 2 saturated heterocycles. The number of aromatic nitrogens is 3. The molecule has 0 radical (unpaired) electrons. The lowest BCUT2D eigenvalue weighted by Gasteiger charge is -2.19. The van der Waals surface area contributed by atoms with E-state index in [1.54, 1.807) is 0 Å². The molecule has 1 aromatic rings. The lowest BCUT2D eigenvalue weighted by molar-refractivity contribution is -0.197. The minimum atomic E-state index is -0.851. The molecule has 1 unspecified atom stereocenters. The fourth-order valence-corrected chi connectivity index (χ4v) is 4.25. The van der Waals surface area contributed by atoms with Crippen molar-refractivity contribution in [2.75, 3.05) is 30.3 Å². The Bertz CT molecular complexity index is 1040. The van der Waals surface area contributed by atoms with E-state index in [9.17, 15) is 29.1 Å². The van der Waals surface area contributed by atoms with E-state index in [1.165, 1.54) is 4.90 Å². The number of imide groups is 1. The number of nitrogens with zero attached hydrogens (tertiary/aromatic N) is 5. The summed E-state index contributed by atoms with van der Waals surface area (Å²) >= 11 is 6.00. The summed E-state index contributed by atoms with van der Waals surface area (Å²) in [7, 11) is 0. The SMILES string of the molecule is O=C(CCCCCNc1nc(Cl)nc(NCCCCCC(=O)ON2C(=O)CCC2=O)n1)CN1C(=O)CCC1O. The third kappa shape index (κ3) is 10.0. The highest BCUT2D eigenvalue weighted by atomic mass is 35.5. The molecule has 0 bridgehead atoms. The van der Waals surface area contributed by atoms with Crippen LogP contribution in [-0.2, 0) is 28.8 Å². The van der Waals surface area contributed by atoms with Gasteiger partial charge in [-0.05, 0) is 37.3 Å². The first-order chi connectivity index (χ1) is 18.7. The number of amides is 3. The predicted octanol–water partition coefficient (Wildman–Crippen LogP) is 1.59. The average molecular weight is 568 g/mol. The Morgan fingerprint density at radius 3 is 2.00 bits per heavy atom. The summed E-state index contributed by atoms with van der Waals surface area (Å²) < 4.78 is 0. The zero-order valence-corrected chi connectivity index (χ0v) is 22.5. The van der Waals surface area contributed by atoms with E-state index in [0.717, 1.165) is 12.8 Å². The Morgan fingerprint density at radius 2 is 1.44 bits per heavy atom. The number of ketones is 1. The van der Waals surface area contributed by atoms with Crippen LogP contribution in [0, 0.1) is 0 Å². The van der Waals surface area contributed by atoms with Crippen LogP contribution >= 0.6 is 11.6 Å². The van der Waals surface area contributed by atoms with Gasteiger partial charge in [-0.15, -0.1) is 5.06 Å². The minimum Gasteiger partial charge on any atom is -0.373 e. The Kier molecular flexibility index (Phi) is 11.8. The van der Waals surface area contributed by atoms with E-state index < -0.39 is 24.0 Å². The van der Waals surface area contributed by atoms with E-state index in [-0.39, 0.29) is 49.2 Å². The van der Waals surface area contributed by atoms with Gasteiger partial charge in [0.2, 0.25) is 23.1 Å². The molecule has 2 fully saturated rings. The standard InChI is InChI=1S/C24H34ClN7O7/c25-22-28-23(26-13-5-1-3-7-16(33)15-31-17(34)9-10-18(31)35)30-24(29-22)27-14-6-2-4-8-21(38)39-32-19(36)11-12-20(32)37/h17,34H,1-15H2,(H2,26,27,28,29,30). The molecule has 214 valence electrons. The van der Waals surface area contributed by atoms with Gasteiger partial charge in [0.1, 0.15) is 6.23 Å². The third-order valence-corrected chi connectivity index (χ3v) is 6.38. The van der Waals surface area contributed by atoms with Crippen LogP contribution in [0.4, 0.5) is 11.9 Å². The maximum atomic E-state index is 12.1. The number of aliphatic hydroxyl groups is 1. The molecule has 3 N–H and O–H groups in total. The number of hydrogen-bond donors (Lipinski definition) is 3. The van der Waals surface area contributed by atoms with E-state index in [4.69, 9.17) is 16.4 Å². The van der Waals surface area contributed by atoms with Crippen molar-refractivity contribution < 1.29 is 33.9 Å². The fourth-order valence-electron chi connectivity index (χ4n) is 4.09. The van der Waals surface area contributed by atoms with Gasteiger partial charge in [0.25, 0.3) is 11.8 Å². The van der Waals surface area contributed by atoms with Crippen LogP contribution in [-0.4, -0.2) is 85.4 Å². The second-order valence-corrected chi connectivity index (χ2v) is 9.69. The molecule has 15 heteroatoms. The number of hydroxylamine groups is 2. The number of aliphatic hydroxyl groups excluding tert-OH is 1. The third-order valence-electron chi connectivity index (χ3n) is 6.21. The predicted molar refractivity (Wildman–Crippen MR) is 138 cm³/mol. The van der Waals surface area contributed by atoms with Crippen molar-refractivity contribution in [3.8, 4) is 0 Å². The van der Waals surface area contributed by atoms with Crippen LogP contribution in [0.1, 0.15) is 77.0 Å². The largest absolute Gasteiger partial charge is 0.373 e. The van der Waals surface area contributed by atoms with Crippen LogP contribution in [0.5, 0.6) is 0 Å². The van der Waals surface area contributed by atoms with Crippen molar-refractivity contribution in [2.45, 2.75) is 83.3 Å². The zero-order valence-electron chi connectivity index (χ0n) is 21.7. The smallest absolute Gasteiger partial charge is 0.333 e. The van der Waals surface area contributed by atoms with Gasteiger partial charge in [0.15, 0.2) is 5.78 Å². The summed E-state index contributed by atoms with van der Waals surface area (Å²) in [5.74, 6) is -1.22. The molecule has 3 heterocycles. The summed E-state index contributed by atoms with van der Waals surface area (Å²) in [5.41, 5.74) is 0. The topological polar surface area (TPSA) is 184 Å². The first-order valence-corrected chi connectivity index (χ1v) is 13.6. The molecule has 1 aromatic heterocycles. The van der Waals surface area contributed by atoms with Crippen LogP contribution in [0.3, 0.4) is 0 Å². The van der Waals surface area contributed by atoms with Crippen molar-refractivity contribution >= 4 is 53.0 Å². The Hall–Kier alpha value is -3.39. The molecule has 3 amide bonds. The maximum Gasteiger partial charge on any atom is 0.333 e. The van der Waals surface area contributed by atoms with Gasteiger partial charge >= 0.3 is 5.97 Å². The van der Waals surface area contributed by atoms with Crippen LogP contribution in [0.15, 0.2) is 0 Å². The average Bonchev–Trinajstić information content (AvgIpc) is 3.38. The minimum absolute atomic E-state index is 0.0347. The molecule has 3 rings (SSSR count). The number of carbonyl (C=O) groups is 5. The number of rotatable bonds is 17. The summed E-state index contributed by atoms with van der Waals surface area (Å²) in [6.45, 7) is 1.07. The number of carbonyl (C=O) groups excluding carboxylic acids is 5. The second-order valence-electron chi connectivity index (χ2n) is 9.35.